The van der Waals surface area contributed by atoms with E-state index in [4.69, 9.17) is 0 Å². The normalized spacial score (nSPS) is 15.8. The van der Waals surface area contributed by atoms with E-state index in [1.807, 2.05) is 0 Å². The monoisotopic (exact) mass is 729 g/mol. The van der Waals surface area contributed by atoms with Gasteiger partial charge in [-0.05, 0) is 49.7 Å². The second-order valence-corrected chi connectivity index (χ2v) is 12.6. The molecule has 7 nitrogen and oxygen atoms in total. The lowest BCUT2D eigenvalue weighted by molar-refractivity contribution is -0.143. The van der Waals surface area contributed by atoms with Gasteiger partial charge in [-0.3, -0.25) is 14.2 Å². The molecule has 0 bridgehead atoms. The maximum atomic E-state index is 13.5. The van der Waals surface area contributed by atoms with Gasteiger partial charge in [-0.2, -0.15) is 39.5 Å². The molecule has 2 heterocycles. The van der Waals surface area contributed by atoms with E-state index < -0.39 is 52.7 Å². The summed E-state index contributed by atoms with van der Waals surface area (Å²) in [6.45, 7) is 1.45. The Labute approximate surface area is 284 Å². The summed E-state index contributed by atoms with van der Waals surface area (Å²) in [5, 5.41) is 8.73. The Hall–Kier alpha value is -4.54. The number of hydrogen-bond donors (Lipinski definition) is 0. The number of carbonyl (C=O) groups excluding carboxylic acids is 2. The van der Waals surface area contributed by atoms with Crippen LogP contribution in [-0.2, 0) is 23.3 Å². The first-order valence-corrected chi connectivity index (χ1v) is 16.1. The Bertz CT molecular complexity index is 1810. The number of piperazine rings is 1. The van der Waals surface area contributed by atoms with E-state index in [9.17, 15) is 49.1 Å². The number of carbonyl (C=O) groups is 2. The van der Waals surface area contributed by atoms with Gasteiger partial charge in [0.2, 0.25) is 5.91 Å². The molecule has 1 aliphatic heterocycles. The molecule has 4 aromatic rings. The van der Waals surface area contributed by atoms with Gasteiger partial charge in [-0.15, -0.1) is 10.2 Å². The van der Waals surface area contributed by atoms with Crippen molar-refractivity contribution in [2.45, 2.75) is 49.5 Å². The molecule has 2 amide bonds. The zero-order valence-electron chi connectivity index (χ0n) is 26.1. The predicted molar refractivity (Wildman–Crippen MR) is 165 cm³/mol. The maximum absolute atomic E-state index is 13.5. The van der Waals surface area contributed by atoms with Gasteiger partial charge in [0.25, 0.3) is 5.91 Å². The fourth-order valence-corrected chi connectivity index (χ4v) is 6.36. The summed E-state index contributed by atoms with van der Waals surface area (Å²) in [6.07, 6.45) is -14.4. The summed E-state index contributed by atoms with van der Waals surface area (Å²) in [4.78, 5) is 28.7. The lowest BCUT2D eigenvalue weighted by Gasteiger charge is -2.40. The second-order valence-electron chi connectivity index (χ2n) is 11.5. The van der Waals surface area contributed by atoms with Crippen LogP contribution in [0.2, 0.25) is 0 Å². The third-order valence-corrected chi connectivity index (χ3v) is 8.95. The largest absolute Gasteiger partial charge is 0.416 e. The van der Waals surface area contributed by atoms with Crippen molar-refractivity contribution in [1.82, 2.24) is 24.6 Å². The van der Waals surface area contributed by atoms with Crippen LogP contribution in [0.25, 0.3) is 17.1 Å². The van der Waals surface area contributed by atoms with Crippen LogP contribution in [0, 0.1) is 0 Å². The molecule has 50 heavy (non-hydrogen) atoms. The van der Waals surface area contributed by atoms with Crippen LogP contribution in [0.3, 0.4) is 0 Å². The molecule has 17 heteroatoms. The van der Waals surface area contributed by atoms with Crippen LogP contribution in [0.1, 0.15) is 46.8 Å². The van der Waals surface area contributed by atoms with Crippen LogP contribution in [0.4, 0.5) is 39.5 Å². The van der Waals surface area contributed by atoms with Crippen molar-refractivity contribution < 1.29 is 49.1 Å². The van der Waals surface area contributed by atoms with Gasteiger partial charge >= 0.3 is 18.5 Å². The summed E-state index contributed by atoms with van der Waals surface area (Å²) in [5.41, 5.74) is -3.98. The molecule has 0 saturated carbocycles. The van der Waals surface area contributed by atoms with Crippen LogP contribution in [0.5, 0.6) is 0 Å². The van der Waals surface area contributed by atoms with E-state index in [1.165, 1.54) is 40.3 Å². The SMILES string of the molecule is CC1CN(C(=O)CCCSc2nnc(-c3ccccc3)n2-c2cccc(C(F)(F)F)c2)CCN1C(=O)c1cc(C(F)(F)F)cc(C(F)(F)F)c1. The summed E-state index contributed by atoms with van der Waals surface area (Å²) in [7, 11) is 0. The van der Waals surface area contributed by atoms with Crippen LogP contribution < -0.4 is 0 Å². The molecule has 1 atom stereocenters. The smallest absolute Gasteiger partial charge is 0.339 e. The standard InChI is InChI=1S/C33H28F9N5O2S/c1-20-19-45(12-13-46(20)29(49)22-15-24(32(37,38)39)17-25(16-22)33(40,41)42)27(48)11-6-14-50-30-44-43-28(21-7-3-2-4-8-21)47(30)26-10-5-9-23(18-26)31(34,35)36/h2-5,7-10,15-18,20H,6,11-14,19H2,1H3. The average Bonchev–Trinajstić information content (AvgIpc) is 3.49. The Balaban J connectivity index is 1.22. The number of alkyl halides is 9. The van der Waals surface area contributed by atoms with Gasteiger partial charge in [0.05, 0.1) is 22.4 Å². The molecule has 0 spiro atoms. The molecule has 0 N–H and O–H groups in total. The fourth-order valence-electron chi connectivity index (χ4n) is 5.47. The number of amides is 2. The summed E-state index contributed by atoms with van der Waals surface area (Å²) >= 11 is 1.19. The first kappa shape index (κ1) is 36.7. The van der Waals surface area contributed by atoms with Crippen molar-refractivity contribution >= 4 is 23.6 Å². The zero-order chi connectivity index (χ0) is 36.4. The molecule has 266 valence electrons. The average molecular weight is 730 g/mol. The molecule has 1 saturated heterocycles. The predicted octanol–water partition coefficient (Wildman–Crippen LogP) is 8.24. The van der Waals surface area contributed by atoms with Crippen molar-refractivity contribution in [2.24, 2.45) is 0 Å². The van der Waals surface area contributed by atoms with E-state index in [0.717, 1.165) is 17.0 Å². The number of aromatic nitrogens is 3. The Morgan fingerprint density at radius 3 is 2.02 bits per heavy atom. The van der Waals surface area contributed by atoms with E-state index in [0.29, 0.717) is 40.9 Å². The number of nitrogens with zero attached hydrogens (tertiary/aromatic N) is 5. The number of halogens is 9. The molecule has 5 rings (SSSR count). The third-order valence-electron chi connectivity index (χ3n) is 7.94. The highest BCUT2D eigenvalue weighted by molar-refractivity contribution is 7.99. The minimum Gasteiger partial charge on any atom is -0.339 e. The Kier molecular flexibility index (Phi) is 10.6. The van der Waals surface area contributed by atoms with Gasteiger partial charge in [0.15, 0.2) is 11.0 Å². The fraction of sp³-hybridized carbons (Fsp3) is 0.333. The van der Waals surface area contributed by atoms with Gasteiger partial charge in [-0.25, -0.2) is 0 Å². The van der Waals surface area contributed by atoms with Crippen LogP contribution in [0.15, 0.2) is 78.0 Å². The van der Waals surface area contributed by atoms with Crippen molar-refractivity contribution in [3.05, 3.63) is 95.1 Å². The summed E-state index contributed by atoms with van der Waals surface area (Å²) in [5.74, 6) is -0.641. The van der Waals surface area contributed by atoms with E-state index in [1.54, 1.807) is 30.3 Å². The number of hydrogen-bond acceptors (Lipinski definition) is 5. The molecular weight excluding hydrogens is 701 g/mol. The highest BCUT2D eigenvalue weighted by Crippen LogP contribution is 2.37. The molecule has 1 fully saturated rings. The molecular formula is C33H28F9N5O2S. The summed E-state index contributed by atoms with van der Waals surface area (Å²) < 4.78 is 122. The molecule has 0 radical (unpaired) electrons. The maximum Gasteiger partial charge on any atom is 0.416 e. The highest BCUT2D eigenvalue weighted by atomic mass is 32.2. The molecule has 1 aromatic heterocycles. The number of rotatable bonds is 8. The lowest BCUT2D eigenvalue weighted by Crippen LogP contribution is -2.55. The van der Waals surface area contributed by atoms with Crippen LogP contribution in [-0.4, -0.2) is 67.8 Å². The van der Waals surface area contributed by atoms with E-state index >= 15 is 0 Å². The summed E-state index contributed by atoms with van der Waals surface area (Å²) in [6, 6.07) is 13.5. The van der Waals surface area contributed by atoms with Gasteiger partial charge < -0.3 is 9.80 Å². The zero-order valence-corrected chi connectivity index (χ0v) is 26.9. The minimum absolute atomic E-state index is 0.00706. The van der Waals surface area contributed by atoms with Gasteiger partial charge in [-0.1, -0.05) is 48.2 Å². The van der Waals surface area contributed by atoms with E-state index in [-0.39, 0.29) is 43.7 Å². The van der Waals surface area contributed by atoms with Crippen molar-refractivity contribution in [2.75, 3.05) is 25.4 Å². The first-order valence-electron chi connectivity index (χ1n) is 15.1. The van der Waals surface area contributed by atoms with E-state index in [2.05, 4.69) is 10.2 Å². The molecule has 1 aliphatic rings. The topological polar surface area (TPSA) is 71.3 Å². The van der Waals surface area contributed by atoms with Crippen molar-refractivity contribution in [1.29, 1.82) is 0 Å². The first-order chi connectivity index (χ1) is 23.4. The molecule has 3 aromatic carbocycles. The van der Waals surface area contributed by atoms with Crippen molar-refractivity contribution in [3.63, 3.8) is 0 Å². The lowest BCUT2D eigenvalue weighted by atomic mass is 10.0. The van der Waals surface area contributed by atoms with Gasteiger partial charge in [0.1, 0.15) is 0 Å². The number of benzene rings is 3. The molecule has 1 unspecified atom stereocenters. The minimum atomic E-state index is -5.11. The highest BCUT2D eigenvalue weighted by Gasteiger charge is 2.39. The van der Waals surface area contributed by atoms with Crippen LogP contribution >= 0.6 is 11.8 Å². The Morgan fingerprint density at radius 2 is 1.42 bits per heavy atom. The molecule has 0 aliphatic carbocycles. The quantitative estimate of drug-likeness (QED) is 0.104. The van der Waals surface area contributed by atoms with Gasteiger partial charge in [0, 0.05) is 49.0 Å². The third kappa shape index (κ3) is 8.42. The van der Waals surface area contributed by atoms with Crippen molar-refractivity contribution in [3.8, 4) is 17.1 Å². The Morgan fingerprint density at radius 1 is 0.780 bits per heavy atom. The second kappa shape index (κ2) is 14.4. The number of thioether (sulfide) groups is 1.